The summed E-state index contributed by atoms with van der Waals surface area (Å²) in [5.41, 5.74) is 0.335. The second-order valence-electron chi connectivity index (χ2n) is 5.04. The topological polar surface area (TPSA) is 56.8 Å². The summed E-state index contributed by atoms with van der Waals surface area (Å²) < 4.78 is 29.5. The first-order chi connectivity index (χ1) is 10.1. The fourth-order valence-electron chi connectivity index (χ4n) is 1.98. The molecule has 1 aliphatic rings. The van der Waals surface area contributed by atoms with Gasteiger partial charge in [-0.05, 0) is 25.8 Å². The van der Waals surface area contributed by atoms with Gasteiger partial charge in [0.2, 0.25) is 0 Å². The normalized spacial score (nSPS) is 17.1. The third-order valence-electron chi connectivity index (χ3n) is 3.20. The van der Waals surface area contributed by atoms with Gasteiger partial charge < -0.3 is 19.5 Å². The summed E-state index contributed by atoms with van der Waals surface area (Å²) in [6.07, 6.45) is 0.0695. The number of methoxy groups -OCH3 is 1. The van der Waals surface area contributed by atoms with E-state index in [0.29, 0.717) is 5.56 Å². The van der Waals surface area contributed by atoms with Crippen LogP contribution >= 0.6 is 0 Å². The Bertz CT molecular complexity index is 478. The van der Waals surface area contributed by atoms with E-state index < -0.39 is 24.1 Å². The Morgan fingerprint density at radius 3 is 2.76 bits per heavy atom. The van der Waals surface area contributed by atoms with Crippen LogP contribution < -0.4 is 5.32 Å². The van der Waals surface area contributed by atoms with Gasteiger partial charge >= 0.3 is 6.09 Å². The summed E-state index contributed by atoms with van der Waals surface area (Å²) in [4.78, 5) is 11.7. The maximum Gasteiger partial charge on any atom is 0.407 e. The molecule has 1 saturated carbocycles. The van der Waals surface area contributed by atoms with Crippen molar-refractivity contribution in [2.45, 2.75) is 38.0 Å². The molecular formula is C15H20FNO4. The Morgan fingerprint density at radius 2 is 2.14 bits per heavy atom. The second-order valence-corrected chi connectivity index (χ2v) is 5.04. The zero-order chi connectivity index (χ0) is 15.2. The summed E-state index contributed by atoms with van der Waals surface area (Å²) in [5.74, 6) is -0.406. The van der Waals surface area contributed by atoms with Gasteiger partial charge in [0.05, 0.1) is 0 Å². The van der Waals surface area contributed by atoms with E-state index in [1.807, 2.05) is 0 Å². The van der Waals surface area contributed by atoms with Crippen LogP contribution in [0.3, 0.4) is 0 Å². The van der Waals surface area contributed by atoms with Crippen LogP contribution in [0, 0.1) is 5.82 Å². The van der Waals surface area contributed by atoms with Crippen molar-refractivity contribution in [3.05, 3.63) is 35.6 Å². The fourth-order valence-corrected chi connectivity index (χ4v) is 1.98. The van der Waals surface area contributed by atoms with E-state index in [-0.39, 0.29) is 12.8 Å². The zero-order valence-corrected chi connectivity index (χ0v) is 12.2. The highest BCUT2D eigenvalue weighted by Gasteiger charge is 2.29. The number of hydrogen-bond donors (Lipinski definition) is 1. The highest BCUT2D eigenvalue weighted by Crippen LogP contribution is 2.26. The van der Waals surface area contributed by atoms with E-state index in [2.05, 4.69) is 5.32 Å². The van der Waals surface area contributed by atoms with Gasteiger partial charge in [-0.3, -0.25) is 0 Å². The summed E-state index contributed by atoms with van der Waals surface area (Å²) in [7, 11) is 1.48. The molecule has 0 heterocycles. The number of benzene rings is 1. The molecule has 0 aromatic heterocycles. The maximum atomic E-state index is 13.9. The molecule has 0 spiro atoms. The summed E-state index contributed by atoms with van der Waals surface area (Å²) in [5, 5.41) is 2.72. The van der Waals surface area contributed by atoms with Gasteiger partial charge in [-0.15, -0.1) is 0 Å². The van der Waals surface area contributed by atoms with Crippen molar-refractivity contribution in [2.24, 2.45) is 0 Å². The van der Waals surface area contributed by atoms with Crippen molar-refractivity contribution in [3.8, 4) is 0 Å². The molecule has 2 rings (SSSR count). The lowest BCUT2D eigenvalue weighted by atomic mass is 10.0. The molecule has 1 aromatic rings. The van der Waals surface area contributed by atoms with E-state index in [0.717, 1.165) is 12.8 Å². The van der Waals surface area contributed by atoms with Crippen molar-refractivity contribution >= 4 is 6.09 Å². The third kappa shape index (κ3) is 4.68. The van der Waals surface area contributed by atoms with Crippen molar-refractivity contribution in [2.75, 3.05) is 13.9 Å². The second kappa shape index (κ2) is 7.38. The van der Waals surface area contributed by atoms with Crippen LogP contribution in [0.25, 0.3) is 0 Å². The molecule has 0 saturated heterocycles. The molecule has 2 atom stereocenters. The van der Waals surface area contributed by atoms with Gasteiger partial charge in [0, 0.05) is 18.7 Å². The number of halogens is 1. The quantitative estimate of drug-likeness (QED) is 0.786. The molecule has 0 aliphatic heterocycles. The number of carbonyl (C=O) groups excluding carboxylic acids is 1. The average Bonchev–Trinajstić information content (AvgIpc) is 3.24. The molecule has 6 heteroatoms. The van der Waals surface area contributed by atoms with Crippen LogP contribution in [0.2, 0.25) is 0 Å². The third-order valence-corrected chi connectivity index (χ3v) is 3.20. The average molecular weight is 297 g/mol. The minimum Gasteiger partial charge on any atom is -0.443 e. The van der Waals surface area contributed by atoms with E-state index in [1.54, 1.807) is 25.1 Å². The summed E-state index contributed by atoms with van der Waals surface area (Å²) in [6.45, 7) is 1.65. The van der Waals surface area contributed by atoms with Gasteiger partial charge in [0.1, 0.15) is 24.8 Å². The number of ether oxygens (including phenoxy) is 3. The SMILES string of the molecule is COCO[C@@H](c1ccccc1F)[C@H](C)OC(=O)NC1CC1. The molecule has 0 unspecified atom stereocenters. The van der Waals surface area contributed by atoms with Gasteiger partial charge in [0.15, 0.2) is 0 Å². The standard InChI is InChI=1S/C15H20FNO4/c1-10(21-15(18)17-11-7-8-11)14(20-9-19-2)12-5-3-4-6-13(12)16/h3-6,10-11,14H,7-9H2,1-2H3,(H,17,18)/t10-,14+/m0/s1. The Balaban J connectivity index is 2.03. The molecule has 1 aliphatic carbocycles. The van der Waals surface area contributed by atoms with Gasteiger partial charge in [0.25, 0.3) is 0 Å². The van der Waals surface area contributed by atoms with Crippen molar-refractivity contribution in [3.63, 3.8) is 0 Å². The molecule has 116 valence electrons. The van der Waals surface area contributed by atoms with E-state index in [4.69, 9.17) is 14.2 Å². The monoisotopic (exact) mass is 297 g/mol. The lowest BCUT2D eigenvalue weighted by Crippen LogP contribution is -2.33. The van der Waals surface area contributed by atoms with E-state index in [9.17, 15) is 9.18 Å². The number of carbonyl (C=O) groups is 1. The maximum absolute atomic E-state index is 13.9. The highest BCUT2D eigenvalue weighted by atomic mass is 19.1. The Hall–Kier alpha value is -1.66. The number of alkyl carbamates (subject to hydrolysis) is 1. The van der Waals surface area contributed by atoms with Gasteiger partial charge in [-0.2, -0.15) is 0 Å². The molecular weight excluding hydrogens is 277 g/mol. The van der Waals surface area contributed by atoms with Gasteiger partial charge in [-0.1, -0.05) is 18.2 Å². The number of rotatable bonds is 7. The molecule has 1 aromatic carbocycles. The minimum atomic E-state index is -0.726. The first-order valence-electron chi connectivity index (χ1n) is 6.94. The summed E-state index contributed by atoms with van der Waals surface area (Å²) in [6, 6.07) is 6.46. The van der Waals surface area contributed by atoms with Gasteiger partial charge in [-0.25, -0.2) is 9.18 Å². The number of nitrogens with one attached hydrogen (secondary N) is 1. The fraction of sp³-hybridized carbons (Fsp3) is 0.533. The first-order valence-corrected chi connectivity index (χ1v) is 6.94. The minimum absolute atomic E-state index is 0.0169. The van der Waals surface area contributed by atoms with Crippen LogP contribution in [-0.2, 0) is 14.2 Å². The lowest BCUT2D eigenvalue weighted by Gasteiger charge is -2.25. The predicted octanol–water partition coefficient (Wildman–Crippen LogP) is 2.76. The zero-order valence-electron chi connectivity index (χ0n) is 12.2. The Kier molecular flexibility index (Phi) is 5.52. The number of amides is 1. The molecule has 21 heavy (non-hydrogen) atoms. The van der Waals surface area contributed by atoms with E-state index in [1.165, 1.54) is 13.2 Å². The molecule has 1 amide bonds. The lowest BCUT2D eigenvalue weighted by molar-refractivity contribution is -0.113. The largest absolute Gasteiger partial charge is 0.443 e. The molecule has 0 radical (unpaired) electrons. The number of hydrogen-bond acceptors (Lipinski definition) is 4. The highest BCUT2D eigenvalue weighted by molar-refractivity contribution is 5.68. The predicted molar refractivity (Wildman–Crippen MR) is 74.2 cm³/mol. The first kappa shape index (κ1) is 15.7. The molecule has 5 nitrogen and oxygen atoms in total. The van der Waals surface area contributed by atoms with Crippen LogP contribution in [-0.4, -0.2) is 32.1 Å². The summed E-state index contributed by atoms with van der Waals surface area (Å²) >= 11 is 0. The van der Waals surface area contributed by atoms with Crippen LogP contribution in [0.4, 0.5) is 9.18 Å². The van der Waals surface area contributed by atoms with Crippen molar-refractivity contribution < 1.29 is 23.4 Å². The Labute approximate surface area is 123 Å². The molecule has 1 fully saturated rings. The Morgan fingerprint density at radius 1 is 1.43 bits per heavy atom. The van der Waals surface area contributed by atoms with Crippen molar-refractivity contribution in [1.29, 1.82) is 0 Å². The molecule has 1 N–H and O–H groups in total. The molecule has 0 bridgehead atoms. The van der Waals surface area contributed by atoms with Crippen LogP contribution in [0.15, 0.2) is 24.3 Å². The smallest absolute Gasteiger partial charge is 0.407 e. The van der Waals surface area contributed by atoms with E-state index >= 15 is 0 Å². The van der Waals surface area contributed by atoms with Crippen molar-refractivity contribution in [1.82, 2.24) is 5.32 Å². The van der Waals surface area contributed by atoms with Crippen LogP contribution in [0.5, 0.6) is 0 Å². The van der Waals surface area contributed by atoms with Crippen LogP contribution in [0.1, 0.15) is 31.4 Å².